The van der Waals surface area contributed by atoms with E-state index in [2.05, 4.69) is 30.1 Å². The Kier molecular flexibility index (Phi) is 11.3. The Hall–Kier alpha value is -4.11. The van der Waals surface area contributed by atoms with Crippen LogP contribution in [0.25, 0.3) is 0 Å². The first kappa shape index (κ1) is 34.8. The number of hydroxylamine groups is 2. The van der Waals surface area contributed by atoms with Crippen LogP contribution in [0.15, 0.2) is 44.4 Å². The summed E-state index contributed by atoms with van der Waals surface area (Å²) in [6.07, 6.45) is 2.81. The predicted octanol–water partition coefficient (Wildman–Crippen LogP) is -1.25. The number of β-lactam (4-membered cyclic amide) rings is 1. The van der Waals surface area contributed by atoms with Gasteiger partial charge in [-0.05, 0) is 49.9 Å². The van der Waals surface area contributed by atoms with Gasteiger partial charge in [0.2, 0.25) is 0 Å². The third kappa shape index (κ3) is 8.78. The summed E-state index contributed by atoms with van der Waals surface area (Å²) in [5, 5.41) is 11.4. The summed E-state index contributed by atoms with van der Waals surface area (Å²) in [5.41, 5.74) is 17.8. The maximum Gasteiger partial charge on any atom is 0.418 e. The van der Waals surface area contributed by atoms with Crippen molar-refractivity contribution in [3.63, 3.8) is 0 Å². The number of guanidine groups is 1. The second-order valence-corrected chi connectivity index (χ2v) is 12.8. The normalized spacial score (nSPS) is 21.4. The Morgan fingerprint density at radius 3 is 2.74 bits per heavy atom. The molecule has 0 aliphatic carbocycles. The highest BCUT2D eigenvalue weighted by molar-refractivity contribution is 8.02. The Morgan fingerprint density at radius 2 is 2.07 bits per heavy atom. The molecule has 252 valence electrons. The molecule has 3 aliphatic heterocycles. The maximum absolute atomic E-state index is 13.2. The van der Waals surface area contributed by atoms with Gasteiger partial charge < -0.3 is 42.3 Å². The smallest absolute Gasteiger partial charge is 0.418 e. The molecule has 3 aliphatic rings. The van der Waals surface area contributed by atoms with Crippen molar-refractivity contribution in [2.45, 2.75) is 50.3 Å². The van der Waals surface area contributed by atoms with Crippen molar-refractivity contribution in [2.24, 2.45) is 32.3 Å². The second kappa shape index (κ2) is 15.0. The summed E-state index contributed by atoms with van der Waals surface area (Å²) in [6.45, 7) is 5.53. The van der Waals surface area contributed by atoms with Crippen LogP contribution in [0.5, 0.6) is 5.75 Å². The van der Waals surface area contributed by atoms with Crippen LogP contribution < -0.4 is 32.6 Å². The van der Waals surface area contributed by atoms with E-state index in [9.17, 15) is 18.0 Å². The summed E-state index contributed by atoms with van der Waals surface area (Å²) >= 11 is 1.21. The monoisotopic (exact) mass is 682 g/mol. The maximum atomic E-state index is 13.2. The van der Waals surface area contributed by atoms with E-state index >= 15 is 0 Å². The number of nitrogens with zero attached hydrogens (tertiary/aromatic N) is 5. The molecule has 18 nitrogen and oxygen atoms in total. The molecule has 4 rings (SSSR count). The third-order valence-electron chi connectivity index (χ3n) is 7.16. The molecule has 0 saturated carbocycles. The van der Waals surface area contributed by atoms with Crippen LogP contribution >= 0.6 is 11.8 Å². The number of rotatable bonds is 14. The number of aliphatic imine (C=N–C) groups is 2. The van der Waals surface area contributed by atoms with Crippen molar-refractivity contribution >= 4 is 52.0 Å². The van der Waals surface area contributed by atoms with E-state index in [4.69, 9.17) is 31.3 Å². The molecule has 1 aromatic carbocycles. The van der Waals surface area contributed by atoms with Gasteiger partial charge in [0.1, 0.15) is 23.9 Å². The molecule has 2 unspecified atom stereocenters. The van der Waals surface area contributed by atoms with Gasteiger partial charge in [0.25, 0.3) is 11.8 Å². The molecule has 9 N–H and O–H groups in total. The number of fused-ring (bicyclic) bond motifs is 1. The lowest BCUT2D eigenvalue weighted by atomic mass is 9.84. The van der Waals surface area contributed by atoms with E-state index in [0.29, 0.717) is 36.4 Å². The van der Waals surface area contributed by atoms with Gasteiger partial charge in [0.15, 0.2) is 18.3 Å². The predicted molar refractivity (Wildman–Crippen MR) is 170 cm³/mol. The third-order valence-corrected chi connectivity index (χ3v) is 8.28. The zero-order valence-corrected chi connectivity index (χ0v) is 26.9. The molecular formula is C26H38N10O8S2. The number of nitrogens with two attached hydrogens (primary N) is 3. The van der Waals surface area contributed by atoms with E-state index in [1.54, 1.807) is 5.41 Å². The minimum absolute atomic E-state index is 0.0124. The van der Waals surface area contributed by atoms with E-state index in [-0.39, 0.29) is 24.6 Å². The summed E-state index contributed by atoms with van der Waals surface area (Å²) in [6, 6.07) is 4.61. The van der Waals surface area contributed by atoms with Gasteiger partial charge in [-0.2, -0.15) is 13.5 Å². The summed E-state index contributed by atoms with van der Waals surface area (Å²) in [5.74, 6) is -0.538. The molecule has 0 bridgehead atoms. The highest BCUT2D eigenvalue weighted by atomic mass is 32.3. The van der Waals surface area contributed by atoms with Gasteiger partial charge >= 0.3 is 10.4 Å². The molecule has 46 heavy (non-hydrogen) atoms. The molecule has 1 fully saturated rings. The van der Waals surface area contributed by atoms with E-state index < -0.39 is 39.3 Å². The number of ether oxygens (including phenoxy) is 1. The molecule has 2 amide bonds. The van der Waals surface area contributed by atoms with Gasteiger partial charge in [-0.25, -0.2) is 0 Å². The first-order valence-corrected chi connectivity index (χ1v) is 16.5. The van der Waals surface area contributed by atoms with Crippen LogP contribution in [0, 0.1) is 0 Å². The molecule has 3 heterocycles. The zero-order chi connectivity index (χ0) is 33.5. The van der Waals surface area contributed by atoms with Crippen LogP contribution in [-0.4, -0.2) is 103 Å². The first-order valence-electron chi connectivity index (χ1n) is 14.2. The zero-order valence-electron chi connectivity index (χ0n) is 25.3. The van der Waals surface area contributed by atoms with E-state index in [1.165, 1.54) is 31.9 Å². The number of amides is 2. The average Bonchev–Trinajstić information content (AvgIpc) is 3.44. The highest BCUT2D eigenvalue weighted by Crippen LogP contribution is 2.33. The molecule has 0 radical (unpaired) electrons. The van der Waals surface area contributed by atoms with Crippen LogP contribution in [0.2, 0.25) is 0 Å². The SMILES string of the molecule is CC1(C)C(NC(=O)/C(=N\OCCOc2ccc3c(c2)CCN(C(N)=NCCCN=CN)C3)C2=CSC(N)N2)C(=O)N1OS(=O)(=O)O. The van der Waals surface area contributed by atoms with E-state index in [0.717, 1.165) is 30.5 Å². The Labute approximate surface area is 270 Å². The average molecular weight is 683 g/mol. The fraction of sp³-hybridized carbons (Fsp3) is 0.500. The summed E-state index contributed by atoms with van der Waals surface area (Å²) < 4.78 is 41.3. The number of hydrogen-bond acceptors (Lipinski definition) is 13. The van der Waals surface area contributed by atoms with Crippen LogP contribution in [0.1, 0.15) is 31.4 Å². The number of hydrogen-bond donors (Lipinski definition) is 6. The summed E-state index contributed by atoms with van der Waals surface area (Å²) in [7, 11) is -4.94. The number of thioether (sulfide) groups is 1. The van der Waals surface area contributed by atoms with Gasteiger partial charge in [-0.1, -0.05) is 23.0 Å². The minimum Gasteiger partial charge on any atom is -0.490 e. The standard InChI is InChI=1S/C26H38N10O8S2/c1-26(2)21(23(38)36(26)44-46(39,40)41)33-22(37)20(19-14-45-25(29)32-19)34-43-11-10-42-18-5-4-17-13-35(9-6-16(17)12-18)24(28)31-8-3-7-30-15-27/h4-5,12,14-15,21,25,32H,3,6-11,13,29H2,1-2H3,(H2,27,30)(H2,28,31)(H,33,37)(H,39,40,41)/b34-20-. The van der Waals surface area contributed by atoms with Crippen LogP contribution in [0.4, 0.5) is 0 Å². The van der Waals surface area contributed by atoms with Crippen molar-refractivity contribution < 1.29 is 36.4 Å². The molecule has 0 spiro atoms. The lowest BCUT2D eigenvalue weighted by Crippen LogP contribution is -2.77. The van der Waals surface area contributed by atoms with Gasteiger partial charge in [0.05, 0.1) is 17.6 Å². The molecular weight excluding hydrogens is 644 g/mol. The molecule has 0 aromatic heterocycles. The Morgan fingerprint density at radius 1 is 1.28 bits per heavy atom. The topological polar surface area (TPSA) is 262 Å². The lowest BCUT2D eigenvalue weighted by molar-refractivity contribution is -0.218. The number of carbonyl (C=O) groups excluding carboxylic acids is 2. The fourth-order valence-electron chi connectivity index (χ4n) is 4.77. The minimum atomic E-state index is -4.94. The van der Waals surface area contributed by atoms with Crippen LogP contribution in [-0.2, 0) is 42.1 Å². The van der Waals surface area contributed by atoms with Gasteiger partial charge in [0, 0.05) is 31.6 Å². The number of benzene rings is 1. The largest absolute Gasteiger partial charge is 0.490 e. The van der Waals surface area contributed by atoms with Gasteiger partial charge in [-0.15, -0.1) is 4.28 Å². The van der Waals surface area contributed by atoms with Gasteiger partial charge in [-0.3, -0.25) is 24.1 Å². The van der Waals surface area contributed by atoms with Crippen molar-refractivity contribution in [3.05, 3.63) is 40.4 Å². The Balaban J connectivity index is 1.30. The second-order valence-electron chi connectivity index (χ2n) is 10.8. The quantitative estimate of drug-likeness (QED) is 0.0335. The lowest BCUT2D eigenvalue weighted by Gasteiger charge is -2.50. The summed E-state index contributed by atoms with van der Waals surface area (Å²) in [4.78, 5) is 41.4. The van der Waals surface area contributed by atoms with Crippen molar-refractivity contribution in [2.75, 3.05) is 32.8 Å². The Bertz CT molecular complexity index is 1530. The molecule has 20 heteroatoms. The molecule has 2 atom stereocenters. The first-order chi connectivity index (χ1) is 21.8. The van der Waals surface area contributed by atoms with E-state index in [1.807, 2.05) is 23.1 Å². The number of oxime groups is 1. The van der Waals surface area contributed by atoms with Crippen molar-refractivity contribution in [1.82, 2.24) is 20.6 Å². The van der Waals surface area contributed by atoms with Crippen molar-refractivity contribution in [1.29, 1.82) is 0 Å². The number of carbonyl (C=O) groups is 2. The molecule has 1 saturated heterocycles. The number of nitrogens with one attached hydrogen (secondary N) is 2. The molecule has 1 aromatic rings. The highest BCUT2D eigenvalue weighted by Gasteiger charge is 2.58. The fourth-order valence-corrected chi connectivity index (χ4v) is 5.88. The van der Waals surface area contributed by atoms with Crippen LogP contribution in [0.3, 0.4) is 0 Å². The van der Waals surface area contributed by atoms with Crippen molar-refractivity contribution in [3.8, 4) is 5.75 Å².